The second-order valence-corrected chi connectivity index (χ2v) is 6.16. The molecule has 0 saturated carbocycles. The maximum atomic E-state index is 3.50. The molecule has 0 aromatic heterocycles. The van der Waals surface area contributed by atoms with Crippen LogP contribution in [0.2, 0.25) is 0 Å². The Morgan fingerprint density at radius 2 is 2.27 bits per heavy atom. The minimum atomic E-state index is 0.539. The lowest BCUT2D eigenvalue weighted by Gasteiger charge is -2.34. The topological polar surface area (TPSA) is 15.3 Å². The summed E-state index contributed by atoms with van der Waals surface area (Å²) in [4.78, 5) is 2.75. The van der Waals surface area contributed by atoms with E-state index in [1.165, 1.54) is 45.4 Å². The third-order valence-corrected chi connectivity index (χ3v) is 4.23. The lowest BCUT2D eigenvalue weighted by Crippen LogP contribution is -2.42. The van der Waals surface area contributed by atoms with Crippen LogP contribution in [0.15, 0.2) is 0 Å². The number of likely N-dealkylation sites (tertiary alicyclic amines) is 1. The molecule has 2 heteroatoms. The summed E-state index contributed by atoms with van der Waals surface area (Å²) in [5.41, 5.74) is 0.539. The largest absolute Gasteiger partial charge is 0.316 e. The van der Waals surface area contributed by atoms with Crippen LogP contribution >= 0.6 is 0 Å². The van der Waals surface area contributed by atoms with Gasteiger partial charge in [0.2, 0.25) is 0 Å². The van der Waals surface area contributed by atoms with E-state index in [-0.39, 0.29) is 0 Å². The van der Waals surface area contributed by atoms with E-state index >= 15 is 0 Å². The quantitative estimate of drug-likeness (QED) is 0.767. The van der Waals surface area contributed by atoms with Crippen molar-refractivity contribution in [1.29, 1.82) is 0 Å². The second-order valence-electron chi connectivity index (χ2n) is 6.16. The van der Waals surface area contributed by atoms with Crippen molar-refractivity contribution >= 4 is 0 Å². The maximum absolute atomic E-state index is 3.50. The summed E-state index contributed by atoms with van der Waals surface area (Å²) < 4.78 is 0. The van der Waals surface area contributed by atoms with Crippen molar-refractivity contribution in [3.05, 3.63) is 0 Å². The molecular weight excluding hydrogens is 184 g/mol. The molecule has 2 heterocycles. The van der Waals surface area contributed by atoms with Gasteiger partial charge in [-0.25, -0.2) is 0 Å². The first kappa shape index (κ1) is 11.4. The van der Waals surface area contributed by atoms with Gasteiger partial charge in [0.15, 0.2) is 0 Å². The predicted octanol–water partition coefficient (Wildman–Crippen LogP) is 2.11. The molecule has 0 aliphatic carbocycles. The molecule has 0 bridgehead atoms. The third kappa shape index (κ3) is 2.54. The Balaban J connectivity index is 1.92. The molecular formula is C13H26N2. The van der Waals surface area contributed by atoms with Gasteiger partial charge in [-0.05, 0) is 43.7 Å². The number of hydrogen-bond acceptors (Lipinski definition) is 2. The van der Waals surface area contributed by atoms with Crippen LogP contribution in [0, 0.1) is 11.3 Å². The standard InChI is InChI=1S/C13H26N2/c1-11(2)12-5-4-8-15(12)10-13(3)6-7-14-9-13/h11-12,14H,4-10H2,1-3H3. The normalized spacial score (nSPS) is 38.0. The number of nitrogens with zero attached hydrogens (tertiary/aromatic N) is 1. The molecule has 0 aromatic carbocycles. The zero-order valence-electron chi connectivity index (χ0n) is 10.6. The van der Waals surface area contributed by atoms with Gasteiger partial charge in [-0.3, -0.25) is 4.90 Å². The Labute approximate surface area is 94.4 Å². The molecule has 2 unspecified atom stereocenters. The molecule has 15 heavy (non-hydrogen) atoms. The Morgan fingerprint density at radius 1 is 1.47 bits per heavy atom. The SMILES string of the molecule is CC(C)C1CCCN1CC1(C)CCNC1. The van der Waals surface area contributed by atoms with Crippen LogP contribution in [0.4, 0.5) is 0 Å². The van der Waals surface area contributed by atoms with Crippen molar-refractivity contribution in [1.82, 2.24) is 10.2 Å². The monoisotopic (exact) mass is 210 g/mol. The highest BCUT2D eigenvalue weighted by Gasteiger charge is 2.35. The average Bonchev–Trinajstić information content (AvgIpc) is 2.75. The fourth-order valence-corrected chi connectivity index (χ4v) is 3.30. The molecule has 2 atom stereocenters. The van der Waals surface area contributed by atoms with E-state index in [0.717, 1.165) is 12.0 Å². The molecule has 2 aliphatic heterocycles. The van der Waals surface area contributed by atoms with Crippen molar-refractivity contribution in [3.63, 3.8) is 0 Å². The van der Waals surface area contributed by atoms with Crippen LogP contribution in [-0.2, 0) is 0 Å². The van der Waals surface area contributed by atoms with Crippen LogP contribution in [0.5, 0.6) is 0 Å². The molecule has 0 radical (unpaired) electrons. The molecule has 0 spiro atoms. The average molecular weight is 210 g/mol. The van der Waals surface area contributed by atoms with Gasteiger partial charge in [0, 0.05) is 19.1 Å². The van der Waals surface area contributed by atoms with E-state index in [1.54, 1.807) is 0 Å². The van der Waals surface area contributed by atoms with Crippen LogP contribution in [-0.4, -0.2) is 37.1 Å². The van der Waals surface area contributed by atoms with Gasteiger partial charge in [-0.1, -0.05) is 20.8 Å². The van der Waals surface area contributed by atoms with Gasteiger partial charge in [0.25, 0.3) is 0 Å². The van der Waals surface area contributed by atoms with E-state index in [9.17, 15) is 0 Å². The van der Waals surface area contributed by atoms with Crippen LogP contribution in [0.25, 0.3) is 0 Å². The molecule has 1 N–H and O–H groups in total. The first-order chi connectivity index (χ1) is 7.11. The van der Waals surface area contributed by atoms with Gasteiger partial charge < -0.3 is 5.32 Å². The van der Waals surface area contributed by atoms with Gasteiger partial charge in [0.05, 0.1) is 0 Å². The highest BCUT2D eigenvalue weighted by molar-refractivity contribution is 4.91. The van der Waals surface area contributed by atoms with E-state index in [2.05, 4.69) is 31.0 Å². The molecule has 0 aromatic rings. The first-order valence-corrected chi connectivity index (χ1v) is 6.55. The number of hydrogen-bond donors (Lipinski definition) is 1. The number of rotatable bonds is 3. The first-order valence-electron chi connectivity index (χ1n) is 6.55. The highest BCUT2D eigenvalue weighted by Crippen LogP contribution is 2.31. The van der Waals surface area contributed by atoms with Crippen molar-refractivity contribution in [2.75, 3.05) is 26.2 Å². The second kappa shape index (κ2) is 4.42. The lowest BCUT2D eigenvalue weighted by molar-refractivity contribution is 0.139. The Hall–Kier alpha value is -0.0800. The molecule has 2 aliphatic rings. The molecule has 0 amide bonds. The zero-order valence-corrected chi connectivity index (χ0v) is 10.6. The third-order valence-electron chi connectivity index (χ3n) is 4.23. The summed E-state index contributed by atoms with van der Waals surface area (Å²) in [6.07, 6.45) is 4.18. The van der Waals surface area contributed by atoms with Crippen molar-refractivity contribution in [2.24, 2.45) is 11.3 Å². The Morgan fingerprint density at radius 3 is 2.87 bits per heavy atom. The van der Waals surface area contributed by atoms with Gasteiger partial charge in [-0.2, -0.15) is 0 Å². The lowest BCUT2D eigenvalue weighted by atomic mass is 9.88. The Kier molecular flexibility index (Phi) is 3.36. The molecule has 2 saturated heterocycles. The fraction of sp³-hybridized carbons (Fsp3) is 1.00. The summed E-state index contributed by atoms with van der Waals surface area (Å²) in [7, 11) is 0. The summed E-state index contributed by atoms with van der Waals surface area (Å²) in [6, 6.07) is 0.849. The van der Waals surface area contributed by atoms with Gasteiger partial charge in [-0.15, -0.1) is 0 Å². The molecule has 2 nitrogen and oxygen atoms in total. The fourth-order valence-electron chi connectivity index (χ4n) is 3.30. The molecule has 2 rings (SSSR count). The minimum absolute atomic E-state index is 0.539. The van der Waals surface area contributed by atoms with E-state index in [1.807, 2.05) is 0 Å². The van der Waals surface area contributed by atoms with Crippen molar-refractivity contribution in [2.45, 2.75) is 46.1 Å². The molecule has 88 valence electrons. The van der Waals surface area contributed by atoms with Gasteiger partial charge >= 0.3 is 0 Å². The summed E-state index contributed by atoms with van der Waals surface area (Å²) in [5, 5.41) is 3.50. The summed E-state index contributed by atoms with van der Waals surface area (Å²) in [6.45, 7) is 12.3. The van der Waals surface area contributed by atoms with Crippen molar-refractivity contribution < 1.29 is 0 Å². The minimum Gasteiger partial charge on any atom is -0.316 e. The number of nitrogens with one attached hydrogen (secondary N) is 1. The van der Waals surface area contributed by atoms with Crippen LogP contribution in [0.3, 0.4) is 0 Å². The van der Waals surface area contributed by atoms with Crippen molar-refractivity contribution in [3.8, 4) is 0 Å². The maximum Gasteiger partial charge on any atom is 0.0119 e. The van der Waals surface area contributed by atoms with Gasteiger partial charge in [0.1, 0.15) is 0 Å². The summed E-state index contributed by atoms with van der Waals surface area (Å²) in [5.74, 6) is 0.825. The van der Waals surface area contributed by atoms with Crippen LogP contribution in [0.1, 0.15) is 40.0 Å². The Bertz CT molecular complexity index is 207. The zero-order chi connectivity index (χ0) is 10.9. The highest BCUT2D eigenvalue weighted by atomic mass is 15.2. The smallest absolute Gasteiger partial charge is 0.0119 e. The predicted molar refractivity (Wildman–Crippen MR) is 65.0 cm³/mol. The van der Waals surface area contributed by atoms with Crippen LogP contribution < -0.4 is 5.32 Å². The van der Waals surface area contributed by atoms with E-state index in [4.69, 9.17) is 0 Å². The van der Waals surface area contributed by atoms with E-state index in [0.29, 0.717) is 5.41 Å². The summed E-state index contributed by atoms with van der Waals surface area (Å²) >= 11 is 0. The van der Waals surface area contributed by atoms with E-state index < -0.39 is 0 Å². The molecule has 2 fully saturated rings.